The van der Waals surface area contributed by atoms with Crippen LogP contribution in [0, 0.1) is 6.92 Å². The van der Waals surface area contributed by atoms with E-state index in [0.717, 1.165) is 35.3 Å². The summed E-state index contributed by atoms with van der Waals surface area (Å²) in [5.74, 6) is 1.62. The predicted octanol–water partition coefficient (Wildman–Crippen LogP) is 3.78. The smallest absolute Gasteiger partial charge is 0.231 e. The van der Waals surface area contributed by atoms with Crippen LogP contribution in [0.15, 0.2) is 29.3 Å². The highest BCUT2D eigenvalue weighted by Crippen LogP contribution is 2.32. The number of hydrogen-bond donors (Lipinski definition) is 3. The molecule has 154 valence electrons. The van der Waals surface area contributed by atoms with Gasteiger partial charge in [-0.3, -0.25) is 0 Å². The van der Waals surface area contributed by atoms with Gasteiger partial charge in [0.25, 0.3) is 0 Å². The van der Waals surface area contributed by atoms with Crippen molar-refractivity contribution < 1.29 is 13.2 Å². The zero-order valence-electron chi connectivity index (χ0n) is 16.7. The Morgan fingerprint density at radius 3 is 2.66 bits per heavy atom. The molecule has 29 heavy (non-hydrogen) atoms. The lowest BCUT2D eigenvalue weighted by atomic mass is 10.2. The van der Waals surface area contributed by atoms with E-state index in [-0.39, 0.29) is 4.90 Å². The van der Waals surface area contributed by atoms with Gasteiger partial charge >= 0.3 is 0 Å². The molecule has 0 unspecified atom stereocenters. The van der Waals surface area contributed by atoms with E-state index >= 15 is 0 Å². The zero-order valence-corrected chi connectivity index (χ0v) is 17.6. The molecule has 2 heterocycles. The van der Waals surface area contributed by atoms with Crippen LogP contribution < -0.4 is 15.4 Å². The van der Waals surface area contributed by atoms with Crippen LogP contribution in [0.2, 0.25) is 0 Å². The largest absolute Gasteiger partial charge is 0.495 e. The molecule has 1 aromatic carbocycles. The number of hydrogen-bond acceptors (Lipinski definition) is 7. The maximum absolute atomic E-state index is 11.8. The molecule has 0 aliphatic heterocycles. The van der Waals surface area contributed by atoms with Crippen molar-refractivity contribution in [3.8, 4) is 5.75 Å². The average Bonchev–Trinajstić information content (AvgIpc) is 3.31. The third kappa shape index (κ3) is 4.00. The van der Waals surface area contributed by atoms with Gasteiger partial charge in [-0.05, 0) is 37.5 Å². The van der Waals surface area contributed by atoms with Gasteiger partial charge in [-0.15, -0.1) is 0 Å². The Balaban J connectivity index is 1.71. The molecule has 3 N–H and O–H groups in total. The molecule has 0 atom stereocenters. The van der Waals surface area contributed by atoms with Crippen LogP contribution in [0.3, 0.4) is 0 Å². The fraction of sp³-hybridized carbons (Fsp3) is 0.400. The Labute approximate surface area is 170 Å². The van der Waals surface area contributed by atoms with Crippen LogP contribution in [0.4, 0.5) is 17.5 Å². The van der Waals surface area contributed by atoms with Crippen molar-refractivity contribution in [2.45, 2.75) is 43.5 Å². The molecular weight excluding hydrogens is 390 g/mol. The molecule has 0 saturated heterocycles. The number of ether oxygens (including phenoxy) is 1. The second-order valence-corrected chi connectivity index (χ2v) is 9.49. The normalized spacial score (nSPS) is 15.0. The Morgan fingerprint density at radius 2 is 1.97 bits per heavy atom. The summed E-state index contributed by atoms with van der Waals surface area (Å²) >= 11 is 0. The number of aryl methyl sites for hydroxylation is 1. The number of nitrogens with one attached hydrogen (secondary N) is 3. The summed E-state index contributed by atoms with van der Waals surface area (Å²) in [6.45, 7) is 2.03. The number of nitrogens with zero attached hydrogens (tertiary/aromatic N) is 2. The van der Waals surface area contributed by atoms with Crippen LogP contribution in [-0.2, 0) is 9.84 Å². The van der Waals surface area contributed by atoms with Gasteiger partial charge in [-0.1, -0.05) is 12.8 Å². The molecule has 0 bridgehead atoms. The van der Waals surface area contributed by atoms with E-state index in [1.165, 1.54) is 38.3 Å². The summed E-state index contributed by atoms with van der Waals surface area (Å²) in [5, 5.41) is 7.73. The van der Waals surface area contributed by atoms with Gasteiger partial charge in [-0.2, -0.15) is 9.97 Å². The first-order valence-electron chi connectivity index (χ1n) is 9.62. The van der Waals surface area contributed by atoms with E-state index in [4.69, 9.17) is 9.72 Å². The molecule has 9 heteroatoms. The summed E-state index contributed by atoms with van der Waals surface area (Å²) < 4.78 is 29.0. The summed E-state index contributed by atoms with van der Waals surface area (Å²) in [4.78, 5) is 12.7. The van der Waals surface area contributed by atoms with Gasteiger partial charge in [0.2, 0.25) is 5.95 Å². The molecule has 8 nitrogen and oxygen atoms in total. The van der Waals surface area contributed by atoms with Crippen molar-refractivity contribution in [1.82, 2.24) is 15.0 Å². The third-order valence-corrected chi connectivity index (χ3v) is 6.38. The van der Waals surface area contributed by atoms with Crippen LogP contribution in [0.5, 0.6) is 5.75 Å². The SMILES string of the molecule is COc1cc(S(C)(=O)=O)ccc1Nc1nc(NC2CCCC2)c2c(C)c[nH]c2n1. The van der Waals surface area contributed by atoms with Crippen molar-refractivity contribution >= 4 is 38.3 Å². The highest BCUT2D eigenvalue weighted by molar-refractivity contribution is 7.90. The van der Waals surface area contributed by atoms with Crippen molar-refractivity contribution in [3.63, 3.8) is 0 Å². The van der Waals surface area contributed by atoms with Crippen molar-refractivity contribution in [3.05, 3.63) is 30.0 Å². The maximum Gasteiger partial charge on any atom is 0.231 e. The van der Waals surface area contributed by atoms with Crippen molar-refractivity contribution in [2.75, 3.05) is 24.0 Å². The molecule has 3 aromatic rings. The van der Waals surface area contributed by atoms with Crippen molar-refractivity contribution in [2.24, 2.45) is 0 Å². The number of rotatable bonds is 6. The van der Waals surface area contributed by atoms with E-state index in [1.54, 1.807) is 6.07 Å². The van der Waals surface area contributed by atoms with Gasteiger partial charge in [0.15, 0.2) is 9.84 Å². The van der Waals surface area contributed by atoms with Crippen molar-refractivity contribution in [1.29, 1.82) is 0 Å². The van der Waals surface area contributed by atoms with E-state index in [2.05, 4.69) is 20.6 Å². The number of fused-ring (bicyclic) bond motifs is 1. The second kappa shape index (κ2) is 7.55. The fourth-order valence-electron chi connectivity index (χ4n) is 3.74. The molecule has 1 aliphatic carbocycles. The molecule has 2 aromatic heterocycles. The number of anilines is 3. The Kier molecular flexibility index (Phi) is 5.08. The third-order valence-electron chi connectivity index (χ3n) is 5.27. The Bertz CT molecular complexity index is 1150. The van der Waals surface area contributed by atoms with Crippen LogP contribution in [-0.4, -0.2) is 42.8 Å². The molecule has 0 amide bonds. The number of benzene rings is 1. The maximum atomic E-state index is 11.8. The number of aromatic amines is 1. The van der Waals surface area contributed by atoms with Gasteiger partial charge in [0.1, 0.15) is 17.2 Å². The lowest BCUT2D eigenvalue weighted by Gasteiger charge is -2.16. The molecule has 1 aliphatic rings. The number of methoxy groups -OCH3 is 1. The van der Waals surface area contributed by atoms with Gasteiger partial charge in [-0.25, -0.2) is 8.42 Å². The van der Waals surface area contributed by atoms with E-state index in [0.29, 0.717) is 23.4 Å². The van der Waals surface area contributed by atoms with Crippen LogP contribution in [0.1, 0.15) is 31.2 Å². The number of H-pyrrole nitrogens is 1. The summed E-state index contributed by atoms with van der Waals surface area (Å²) in [5.41, 5.74) is 2.42. The fourth-order valence-corrected chi connectivity index (χ4v) is 4.37. The Hall–Kier alpha value is -2.81. The first-order valence-corrected chi connectivity index (χ1v) is 11.5. The van der Waals surface area contributed by atoms with E-state index in [9.17, 15) is 8.42 Å². The van der Waals surface area contributed by atoms with Crippen LogP contribution in [0.25, 0.3) is 11.0 Å². The first-order chi connectivity index (χ1) is 13.8. The standard InChI is InChI=1S/C20H25N5O3S/c1-12-11-21-18-17(12)19(22-13-6-4-5-7-13)25-20(24-18)23-15-9-8-14(29(3,26)27)10-16(15)28-2/h8-11,13H,4-7H2,1-3H3,(H3,21,22,23,24,25). The molecule has 1 fully saturated rings. The highest BCUT2D eigenvalue weighted by Gasteiger charge is 2.19. The molecular formula is C20H25N5O3S. The van der Waals surface area contributed by atoms with Gasteiger partial charge in [0.05, 0.1) is 23.1 Å². The number of sulfone groups is 1. The van der Waals surface area contributed by atoms with E-state index < -0.39 is 9.84 Å². The van der Waals surface area contributed by atoms with Gasteiger partial charge < -0.3 is 20.4 Å². The predicted molar refractivity (Wildman–Crippen MR) is 114 cm³/mol. The zero-order chi connectivity index (χ0) is 20.6. The minimum Gasteiger partial charge on any atom is -0.495 e. The highest BCUT2D eigenvalue weighted by atomic mass is 32.2. The summed E-state index contributed by atoms with van der Waals surface area (Å²) in [7, 11) is -1.83. The summed E-state index contributed by atoms with van der Waals surface area (Å²) in [6, 6.07) is 5.10. The molecule has 4 rings (SSSR count). The monoisotopic (exact) mass is 415 g/mol. The molecule has 1 saturated carbocycles. The lowest BCUT2D eigenvalue weighted by Crippen LogP contribution is -2.16. The minimum absolute atomic E-state index is 0.194. The van der Waals surface area contributed by atoms with Crippen LogP contribution >= 0.6 is 0 Å². The molecule has 0 radical (unpaired) electrons. The van der Waals surface area contributed by atoms with Gasteiger partial charge in [0, 0.05) is 24.6 Å². The second-order valence-electron chi connectivity index (χ2n) is 7.48. The first kappa shape index (κ1) is 19.5. The average molecular weight is 416 g/mol. The quantitative estimate of drug-likeness (QED) is 0.562. The number of aromatic nitrogens is 3. The lowest BCUT2D eigenvalue weighted by molar-refractivity contribution is 0.415. The molecule has 0 spiro atoms. The summed E-state index contributed by atoms with van der Waals surface area (Å²) in [6.07, 6.45) is 7.82. The minimum atomic E-state index is -3.33. The topological polar surface area (TPSA) is 109 Å². The Morgan fingerprint density at radius 1 is 1.21 bits per heavy atom. The van der Waals surface area contributed by atoms with E-state index in [1.807, 2.05) is 13.1 Å².